The van der Waals surface area contributed by atoms with E-state index in [0.29, 0.717) is 22.6 Å². The number of amides is 1. The van der Waals surface area contributed by atoms with E-state index in [9.17, 15) is 13.2 Å². The second kappa shape index (κ2) is 9.82. The van der Waals surface area contributed by atoms with Gasteiger partial charge in [-0.2, -0.15) is 0 Å². The number of rotatable bonds is 8. The van der Waals surface area contributed by atoms with Gasteiger partial charge in [-0.1, -0.05) is 25.1 Å². The van der Waals surface area contributed by atoms with Gasteiger partial charge in [0.15, 0.2) is 0 Å². The maximum Gasteiger partial charge on any atom is 0.262 e. The monoisotopic (exact) mass is 453 g/mol. The summed E-state index contributed by atoms with van der Waals surface area (Å²) >= 11 is 0. The van der Waals surface area contributed by atoms with E-state index in [1.165, 1.54) is 6.20 Å². The fourth-order valence-corrected chi connectivity index (χ4v) is 4.37. The molecule has 0 radical (unpaired) electrons. The van der Waals surface area contributed by atoms with Crippen LogP contribution in [0.3, 0.4) is 0 Å². The quantitative estimate of drug-likeness (QED) is 0.510. The molecule has 3 aromatic rings. The van der Waals surface area contributed by atoms with E-state index in [-0.39, 0.29) is 22.7 Å². The standard InChI is InChI=1S/C24H27N3O4S/c1-5-18(4)26-23(28)21-10-7-13-25-24(21)31-20-9-6-8-19(15-20)27-32(29,30)22-14-16(2)11-12-17(22)3/h6-15,18,27H,5H2,1-4H3,(H,26,28). The summed E-state index contributed by atoms with van der Waals surface area (Å²) in [5, 5.41) is 2.89. The molecule has 1 amide bonds. The third-order valence-electron chi connectivity index (χ3n) is 4.94. The second-order valence-electron chi connectivity index (χ2n) is 7.64. The molecular weight excluding hydrogens is 426 g/mol. The topological polar surface area (TPSA) is 97.4 Å². The zero-order valence-electron chi connectivity index (χ0n) is 18.5. The van der Waals surface area contributed by atoms with Gasteiger partial charge in [-0.3, -0.25) is 9.52 Å². The fourth-order valence-electron chi connectivity index (χ4n) is 2.99. The molecule has 0 aliphatic heterocycles. The molecule has 1 aromatic heterocycles. The number of sulfonamides is 1. The average Bonchev–Trinajstić information content (AvgIpc) is 2.75. The first-order valence-electron chi connectivity index (χ1n) is 10.3. The fraction of sp³-hybridized carbons (Fsp3) is 0.250. The Morgan fingerprint density at radius 3 is 2.62 bits per heavy atom. The van der Waals surface area contributed by atoms with Crippen LogP contribution >= 0.6 is 0 Å². The van der Waals surface area contributed by atoms with Crippen LogP contribution in [-0.2, 0) is 10.0 Å². The Kier molecular flexibility index (Phi) is 7.15. The number of nitrogens with zero attached hydrogens (tertiary/aromatic N) is 1. The van der Waals surface area contributed by atoms with Gasteiger partial charge in [0.2, 0.25) is 5.88 Å². The SMILES string of the molecule is CCC(C)NC(=O)c1cccnc1Oc1cccc(NS(=O)(=O)c2cc(C)ccc2C)c1. The van der Waals surface area contributed by atoms with Gasteiger partial charge in [-0.05, 0) is 68.7 Å². The second-order valence-corrected chi connectivity index (χ2v) is 9.29. The van der Waals surface area contributed by atoms with E-state index in [1.54, 1.807) is 55.5 Å². The van der Waals surface area contributed by atoms with Crippen LogP contribution in [0.1, 0.15) is 41.8 Å². The number of aromatic nitrogens is 1. The molecule has 0 saturated heterocycles. The Bertz CT molecular complexity index is 1230. The lowest BCUT2D eigenvalue weighted by Crippen LogP contribution is -2.32. The number of benzene rings is 2. The molecule has 2 N–H and O–H groups in total. The molecule has 2 aromatic carbocycles. The molecule has 1 unspecified atom stereocenters. The first-order chi connectivity index (χ1) is 15.2. The van der Waals surface area contributed by atoms with Crippen LogP contribution < -0.4 is 14.8 Å². The van der Waals surface area contributed by atoms with Crippen LogP contribution in [0, 0.1) is 13.8 Å². The smallest absolute Gasteiger partial charge is 0.262 e. The predicted molar refractivity (Wildman–Crippen MR) is 125 cm³/mol. The minimum atomic E-state index is -3.78. The molecule has 0 bridgehead atoms. The highest BCUT2D eigenvalue weighted by Crippen LogP contribution is 2.27. The van der Waals surface area contributed by atoms with E-state index >= 15 is 0 Å². The molecular formula is C24H27N3O4S. The number of carbonyl (C=O) groups excluding carboxylic acids is 1. The van der Waals surface area contributed by atoms with Gasteiger partial charge in [-0.25, -0.2) is 13.4 Å². The normalized spacial score (nSPS) is 12.1. The summed E-state index contributed by atoms with van der Waals surface area (Å²) in [6.07, 6.45) is 2.33. The van der Waals surface area contributed by atoms with Crippen molar-refractivity contribution < 1.29 is 17.9 Å². The van der Waals surface area contributed by atoms with E-state index in [0.717, 1.165) is 12.0 Å². The third kappa shape index (κ3) is 5.64. The summed E-state index contributed by atoms with van der Waals surface area (Å²) < 4.78 is 34.2. The number of anilines is 1. The van der Waals surface area contributed by atoms with Crippen molar-refractivity contribution in [1.29, 1.82) is 0 Å². The molecule has 0 fully saturated rings. The predicted octanol–water partition coefficient (Wildman–Crippen LogP) is 4.82. The molecule has 3 rings (SSSR count). The Morgan fingerprint density at radius 1 is 1.09 bits per heavy atom. The van der Waals surface area contributed by atoms with E-state index in [4.69, 9.17) is 4.74 Å². The van der Waals surface area contributed by atoms with E-state index in [1.807, 2.05) is 26.8 Å². The number of hydrogen-bond donors (Lipinski definition) is 2. The average molecular weight is 454 g/mol. The van der Waals surface area contributed by atoms with Crippen molar-refractivity contribution in [1.82, 2.24) is 10.3 Å². The van der Waals surface area contributed by atoms with E-state index < -0.39 is 10.0 Å². The van der Waals surface area contributed by atoms with Crippen LogP contribution in [0.4, 0.5) is 5.69 Å². The largest absolute Gasteiger partial charge is 0.438 e. The Balaban J connectivity index is 1.84. The summed E-state index contributed by atoms with van der Waals surface area (Å²) in [5.74, 6) is 0.208. The number of nitrogens with one attached hydrogen (secondary N) is 2. The molecule has 0 aliphatic carbocycles. The van der Waals surface area contributed by atoms with Gasteiger partial charge in [-0.15, -0.1) is 0 Å². The van der Waals surface area contributed by atoms with Crippen molar-refractivity contribution in [3.63, 3.8) is 0 Å². The maximum absolute atomic E-state index is 12.9. The van der Waals surface area contributed by atoms with Crippen molar-refractivity contribution in [3.05, 3.63) is 77.5 Å². The van der Waals surface area contributed by atoms with Crippen LogP contribution in [0.5, 0.6) is 11.6 Å². The molecule has 0 saturated carbocycles. The molecule has 32 heavy (non-hydrogen) atoms. The minimum Gasteiger partial charge on any atom is -0.438 e. The minimum absolute atomic E-state index is 0.0124. The molecule has 168 valence electrons. The van der Waals surface area contributed by atoms with E-state index in [2.05, 4.69) is 15.0 Å². The lowest BCUT2D eigenvalue weighted by molar-refractivity contribution is 0.0936. The van der Waals surface area contributed by atoms with Crippen molar-refractivity contribution in [2.45, 2.75) is 45.1 Å². The Morgan fingerprint density at radius 2 is 1.88 bits per heavy atom. The third-order valence-corrected chi connectivity index (χ3v) is 6.46. The van der Waals surface area contributed by atoms with Crippen LogP contribution in [0.25, 0.3) is 0 Å². The molecule has 1 atom stereocenters. The van der Waals surface area contributed by atoms with Gasteiger partial charge in [0, 0.05) is 18.3 Å². The van der Waals surface area contributed by atoms with Crippen molar-refractivity contribution in [2.75, 3.05) is 4.72 Å². The number of ether oxygens (including phenoxy) is 1. The molecule has 0 aliphatic rings. The van der Waals surface area contributed by atoms with Gasteiger partial charge >= 0.3 is 0 Å². The molecule has 0 spiro atoms. The molecule has 8 heteroatoms. The highest BCUT2D eigenvalue weighted by Gasteiger charge is 2.19. The highest BCUT2D eigenvalue weighted by atomic mass is 32.2. The summed E-state index contributed by atoms with van der Waals surface area (Å²) in [6, 6.07) is 15.1. The number of aryl methyl sites for hydroxylation is 2. The van der Waals surface area contributed by atoms with Crippen LogP contribution in [-0.4, -0.2) is 25.4 Å². The Labute approximate surface area is 188 Å². The van der Waals surface area contributed by atoms with Crippen LogP contribution in [0.2, 0.25) is 0 Å². The lowest BCUT2D eigenvalue weighted by Gasteiger charge is -2.14. The summed E-state index contributed by atoms with van der Waals surface area (Å²) in [4.78, 5) is 17.0. The van der Waals surface area contributed by atoms with Crippen molar-refractivity contribution >= 4 is 21.6 Å². The number of carbonyl (C=O) groups is 1. The zero-order chi connectivity index (χ0) is 23.3. The number of pyridine rings is 1. The summed E-state index contributed by atoms with van der Waals surface area (Å²) in [6.45, 7) is 7.49. The molecule has 7 nitrogen and oxygen atoms in total. The summed E-state index contributed by atoms with van der Waals surface area (Å²) in [7, 11) is -3.78. The van der Waals surface area contributed by atoms with Crippen molar-refractivity contribution in [3.8, 4) is 11.6 Å². The first kappa shape index (κ1) is 23.3. The maximum atomic E-state index is 12.9. The van der Waals surface area contributed by atoms with Crippen LogP contribution in [0.15, 0.2) is 65.7 Å². The van der Waals surface area contributed by atoms with Gasteiger partial charge < -0.3 is 10.1 Å². The number of hydrogen-bond acceptors (Lipinski definition) is 5. The summed E-state index contributed by atoms with van der Waals surface area (Å²) in [5.41, 5.74) is 2.14. The van der Waals surface area contributed by atoms with Gasteiger partial charge in [0.1, 0.15) is 11.3 Å². The van der Waals surface area contributed by atoms with Gasteiger partial charge in [0.25, 0.3) is 15.9 Å². The van der Waals surface area contributed by atoms with Crippen molar-refractivity contribution in [2.24, 2.45) is 0 Å². The van der Waals surface area contributed by atoms with Gasteiger partial charge in [0.05, 0.1) is 10.6 Å². The lowest BCUT2D eigenvalue weighted by atomic mass is 10.2. The highest BCUT2D eigenvalue weighted by molar-refractivity contribution is 7.92. The molecule has 1 heterocycles. The Hall–Kier alpha value is -3.39. The first-order valence-corrected chi connectivity index (χ1v) is 11.8. The zero-order valence-corrected chi connectivity index (χ0v) is 19.4.